The number of halogens is 4. The Bertz CT molecular complexity index is 1160. The third-order valence-electron chi connectivity index (χ3n) is 5.14. The third-order valence-corrected chi connectivity index (χ3v) is 7.61. The minimum absolute atomic E-state index is 0.0996. The van der Waals surface area contributed by atoms with Gasteiger partial charge in [0.1, 0.15) is 22.9 Å². The van der Waals surface area contributed by atoms with Crippen molar-refractivity contribution < 1.29 is 35.8 Å². The molecule has 0 fully saturated rings. The molecular weight excluding hydrogens is 588 g/mol. The Morgan fingerprint density at radius 3 is 2.26 bits per heavy atom. The minimum atomic E-state index is -4.32. The van der Waals surface area contributed by atoms with Crippen LogP contribution < -0.4 is 13.9 Å². The van der Waals surface area contributed by atoms with Gasteiger partial charge in [-0.05, 0) is 40.8 Å². The van der Waals surface area contributed by atoms with Gasteiger partial charge in [0.05, 0.1) is 30.4 Å². The van der Waals surface area contributed by atoms with Crippen molar-refractivity contribution in [3.05, 3.63) is 56.8 Å². The maximum atomic E-state index is 15.2. The molecule has 0 spiro atoms. The molecule has 7 nitrogen and oxygen atoms in total. The molecule has 2 aromatic carbocycles. The van der Waals surface area contributed by atoms with E-state index in [2.05, 4.69) is 6.58 Å². The van der Waals surface area contributed by atoms with Crippen molar-refractivity contribution >= 4 is 49.7 Å². The Balaban J connectivity index is 2.68. The molecule has 0 saturated heterocycles. The molecular formula is C22H26F3IN2O5S. The maximum Gasteiger partial charge on any atom is 0.259 e. The smallest absolute Gasteiger partial charge is 0.259 e. The van der Waals surface area contributed by atoms with Crippen LogP contribution >= 0.6 is 22.6 Å². The van der Waals surface area contributed by atoms with Gasteiger partial charge in [0, 0.05) is 44.4 Å². The number of benzene rings is 2. The first-order chi connectivity index (χ1) is 15.9. The van der Waals surface area contributed by atoms with E-state index in [0.29, 0.717) is 3.57 Å². The van der Waals surface area contributed by atoms with Crippen molar-refractivity contribution in [3.8, 4) is 5.75 Å². The summed E-state index contributed by atoms with van der Waals surface area (Å²) in [5.74, 6) is -3.65. The standard InChI is InChI=1S/C22H26F3IN2O5S/c1-13(9-15(32-5)12-31-4)34(29,30)28(3)21-19(33-6)11-17(24)20(25)22(21)27(2)18-8-7-14(26)10-16(18)23/h7-8,10-11,15H,1,9,12H2,2-6H3/t15-/m1/s1. The highest BCUT2D eigenvalue weighted by molar-refractivity contribution is 14.1. The Kier molecular flexibility index (Phi) is 9.62. The summed E-state index contributed by atoms with van der Waals surface area (Å²) in [7, 11) is 2.14. The van der Waals surface area contributed by atoms with Crippen molar-refractivity contribution in [2.75, 3.05) is 51.2 Å². The highest BCUT2D eigenvalue weighted by Crippen LogP contribution is 2.45. The van der Waals surface area contributed by atoms with Gasteiger partial charge >= 0.3 is 0 Å². The van der Waals surface area contributed by atoms with Crippen molar-refractivity contribution in [3.63, 3.8) is 0 Å². The molecule has 1 atom stereocenters. The summed E-state index contributed by atoms with van der Waals surface area (Å²) in [6, 6.07) is 4.89. The first-order valence-electron chi connectivity index (χ1n) is 9.83. The topological polar surface area (TPSA) is 68.3 Å². The average molecular weight is 614 g/mol. The molecule has 34 heavy (non-hydrogen) atoms. The second-order valence-corrected chi connectivity index (χ2v) is 10.6. The number of methoxy groups -OCH3 is 3. The number of nitrogens with zero attached hydrogens (tertiary/aromatic N) is 2. The summed E-state index contributed by atoms with van der Waals surface area (Å²) in [6.07, 6.45) is -0.713. The molecule has 0 N–H and O–H groups in total. The predicted molar refractivity (Wildman–Crippen MR) is 134 cm³/mol. The van der Waals surface area contributed by atoms with Gasteiger partial charge in [-0.3, -0.25) is 4.31 Å². The normalized spacial score (nSPS) is 12.4. The molecule has 0 bridgehead atoms. The summed E-state index contributed by atoms with van der Waals surface area (Å²) in [5.41, 5.74) is -0.961. The van der Waals surface area contributed by atoms with Crippen LogP contribution in [0.5, 0.6) is 5.75 Å². The van der Waals surface area contributed by atoms with Crippen LogP contribution in [0, 0.1) is 21.0 Å². The summed E-state index contributed by atoms with van der Waals surface area (Å²) in [4.78, 5) is 0.777. The molecule has 0 amide bonds. The molecule has 2 rings (SSSR count). The van der Waals surface area contributed by atoms with Gasteiger partial charge in [-0.15, -0.1) is 0 Å². The van der Waals surface area contributed by atoms with Crippen molar-refractivity contribution in [2.24, 2.45) is 0 Å². The van der Waals surface area contributed by atoms with Gasteiger partial charge in [0.2, 0.25) is 0 Å². The zero-order valence-corrected chi connectivity index (χ0v) is 22.3. The lowest BCUT2D eigenvalue weighted by Gasteiger charge is -2.30. The Labute approximate surface area is 211 Å². The highest BCUT2D eigenvalue weighted by Gasteiger charge is 2.33. The first-order valence-corrected chi connectivity index (χ1v) is 12.4. The van der Waals surface area contributed by atoms with Crippen LogP contribution in [0.2, 0.25) is 0 Å². The van der Waals surface area contributed by atoms with Crippen LogP contribution in [0.25, 0.3) is 0 Å². The molecule has 0 aromatic heterocycles. The fraction of sp³-hybridized carbons (Fsp3) is 0.364. The molecule has 12 heteroatoms. The van der Waals surface area contributed by atoms with Crippen LogP contribution in [-0.2, 0) is 19.5 Å². The number of hydrogen-bond donors (Lipinski definition) is 0. The second kappa shape index (κ2) is 11.6. The highest BCUT2D eigenvalue weighted by atomic mass is 127. The predicted octanol–water partition coefficient (Wildman–Crippen LogP) is 4.82. The quantitative estimate of drug-likeness (QED) is 0.339. The first kappa shape index (κ1) is 28.2. The summed E-state index contributed by atoms with van der Waals surface area (Å²) in [5, 5.41) is 0. The van der Waals surface area contributed by atoms with Gasteiger partial charge in [0.15, 0.2) is 11.6 Å². The van der Waals surface area contributed by atoms with E-state index in [4.69, 9.17) is 14.2 Å². The molecule has 0 aliphatic carbocycles. The monoisotopic (exact) mass is 614 g/mol. The molecule has 0 radical (unpaired) electrons. The largest absolute Gasteiger partial charge is 0.494 e. The summed E-state index contributed by atoms with van der Waals surface area (Å²) < 4.78 is 87.7. The van der Waals surface area contributed by atoms with E-state index in [1.165, 1.54) is 40.5 Å². The van der Waals surface area contributed by atoms with E-state index in [0.717, 1.165) is 22.3 Å². The van der Waals surface area contributed by atoms with Gasteiger partial charge < -0.3 is 19.1 Å². The van der Waals surface area contributed by atoms with Gasteiger partial charge in [0.25, 0.3) is 10.0 Å². The lowest BCUT2D eigenvalue weighted by Crippen LogP contribution is -2.32. The number of hydrogen-bond acceptors (Lipinski definition) is 6. The Hall–Kier alpha value is -2.03. The maximum absolute atomic E-state index is 15.2. The molecule has 188 valence electrons. The lowest BCUT2D eigenvalue weighted by molar-refractivity contribution is 0.0299. The van der Waals surface area contributed by atoms with Crippen LogP contribution in [0.1, 0.15) is 6.42 Å². The van der Waals surface area contributed by atoms with Gasteiger partial charge in [-0.1, -0.05) is 6.58 Å². The van der Waals surface area contributed by atoms with Crippen LogP contribution in [0.15, 0.2) is 35.7 Å². The zero-order chi connectivity index (χ0) is 25.8. The van der Waals surface area contributed by atoms with Gasteiger partial charge in [-0.25, -0.2) is 21.6 Å². The molecule has 0 unspecified atom stereocenters. The van der Waals surface area contributed by atoms with E-state index in [1.807, 2.05) is 22.6 Å². The Morgan fingerprint density at radius 2 is 1.74 bits per heavy atom. The average Bonchev–Trinajstić information content (AvgIpc) is 2.78. The SMILES string of the molecule is C=C(C[C@H](COC)OC)S(=O)(=O)N(C)c1c(OC)cc(F)c(F)c1N(C)c1ccc(I)cc1F. The van der Waals surface area contributed by atoms with E-state index >= 15 is 4.39 Å². The Morgan fingerprint density at radius 1 is 1.09 bits per heavy atom. The van der Waals surface area contributed by atoms with Crippen molar-refractivity contribution in [1.29, 1.82) is 0 Å². The second-order valence-electron chi connectivity index (χ2n) is 7.25. The van der Waals surface area contributed by atoms with Gasteiger partial charge in [-0.2, -0.15) is 0 Å². The van der Waals surface area contributed by atoms with Crippen LogP contribution in [0.4, 0.5) is 30.2 Å². The van der Waals surface area contributed by atoms with E-state index in [1.54, 1.807) is 6.07 Å². The molecule has 0 heterocycles. The zero-order valence-electron chi connectivity index (χ0n) is 19.4. The number of anilines is 3. The molecule has 0 aliphatic heterocycles. The fourth-order valence-corrected chi connectivity index (χ4v) is 4.94. The summed E-state index contributed by atoms with van der Waals surface area (Å²) in [6.45, 7) is 3.76. The number of ether oxygens (including phenoxy) is 3. The number of rotatable bonds is 11. The third kappa shape index (κ3) is 5.78. The summed E-state index contributed by atoms with van der Waals surface area (Å²) >= 11 is 1.91. The molecule has 0 saturated carbocycles. The minimum Gasteiger partial charge on any atom is -0.494 e. The van der Waals surface area contributed by atoms with E-state index in [9.17, 15) is 17.2 Å². The van der Waals surface area contributed by atoms with E-state index in [-0.39, 0.29) is 35.1 Å². The fourth-order valence-electron chi connectivity index (χ4n) is 3.29. The van der Waals surface area contributed by atoms with Crippen molar-refractivity contribution in [2.45, 2.75) is 12.5 Å². The molecule has 0 aliphatic rings. The molecule has 2 aromatic rings. The van der Waals surface area contributed by atoms with Crippen LogP contribution in [-0.4, -0.2) is 56.6 Å². The lowest BCUT2D eigenvalue weighted by atomic mass is 10.1. The van der Waals surface area contributed by atoms with Crippen LogP contribution in [0.3, 0.4) is 0 Å². The van der Waals surface area contributed by atoms with Crippen molar-refractivity contribution in [1.82, 2.24) is 0 Å². The number of sulfonamides is 1. The van der Waals surface area contributed by atoms with E-state index < -0.39 is 39.3 Å².